The molecule has 3 aromatic rings. The monoisotopic (exact) mass is 394 g/mol. The van der Waals surface area contributed by atoms with Crippen LogP contribution < -0.4 is 10.2 Å². The summed E-state index contributed by atoms with van der Waals surface area (Å²) in [7, 11) is 1.63. The van der Waals surface area contributed by atoms with Gasteiger partial charge in [-0.1, -0.05) is 12.1 Å². The number of benzene rings is 2. The second-order valence-corrected chi connectivity index (χ2v) is 6.75. The van der Waals surface area contributed by atoms with E-state index in [2.05, 4.69) is 15.6 Å². The molecule has 0 saturated heterocycles. The van der Waals surface area contributed by atoms with Crippen molar-refractivity contribution in [1.82, 2.24) is 15.2 Å². The first-order valence-corrected chi connectivity index (χ1v) is 9.19. The summed E-state index contributed by atoms with van der Waals surface area (Å²) in [4.78, 5) is 12.0. The van der Waals surface area contributed by atoms with Crippen molar-refractivity contribution in [1.29, 1.82) is 0 Å². The predicted octanol–water partition coefficient (Wildman–Crippen LogP) is 3.39. The van der Waals surface area contributed by atoms with Gasteiger partial charge in [0, 0.05) is 11.3 Å². The van der Waals surface area contributed by atoms with Crippen LogP contribution in [0.5, 0.6) is 5.75 Å². The van der Waals surface area contributed by atoms with Crippen LogP contribution >= 0.6 is 0 Å². The number of carbonyl (C=O) groups is 1. The second-order valence-electron chi connectivity index (χ2n) is 6.75. The standard InChI is InChI=1S/C22H23FN4O2/c1-15-10-16(2)27(26-15)14-19-11-18(6-9-21(19)29-3)13-24-25-22(28)12-17-4-7-20(23)8-5-17/h4-11,13H,12,14H2,1-3H3,(H,25,28)/b24-13+. The third-order valence-corrected chi connectivity index (χ3v) is 4.41. The lowest BCUT2D eigenvalue weighted by Crippen LogP contribution is -2.19. The minimum atomic E-state index is -0.331. The van der Waals surface area contributed by atoms with Gasteiger partial charge in [0.2, 0.25) is 5.91 Å². The van der Waals surface area contributed by atoms with Crippen LogP contribution in [0.2, 0.25) is 0 Å². The number of aromatic nitrogens is 2. The third-order valence-electron chi connectivity index (χ3n) is 4.41. The Labute approximate surface area is 169 Å². The Balaban J connectivity index is 1.66. The number of nitrogens with one attached hydrogen (secondary N) is 1. The first kappa shape index (κ1) is 20.3. The number of hydrogen-bond acceptors (Lipinski definition) is 4. The molecular weight excluding hydrogens is 371 g/mol. The van der Waals surface area contributed by atoms with Crippen molar-refractivity contribution in [2.75, 3.05) is 7.11 Å². The molecule has 0 spiro atoms. The van der Waals surface area contributed by atoms with Gasteiger partial charge >= 0.3 is 0 Å². The average Bonchev–Trinajstić information content (AvgIpc) is 3.01. The Bertz CT molecular complexity index is 1030. The van der Waals surface area contributed by atoms with E-state index in [0.29, 0.717) is 6.54 Å². The summed E-state index contributed by atoms with van der Waals surface area (Å²) in [6, 6.07) is 13.5. The molecule has 2 aromatic carbocycles. The molecule has 3 rings (SSSR count). The Morgan fingerprint density at radius 3 is 2.62 bits per heavy atom. The van der Waals surface area contributed by atoms with E-state index in [9.17, 15) is 9.18 Å². The summed E-state index contributed by atoms with van der Waals surface area (Å²) >= 11 is 0. The largest absolute Gasteiger partial charge is 0.496 e. The minimum Gasteiger partial charge on any atom is -0.496 e. The zero-order valence-corrected chi connectivity index (χ0v) is 16.6. The molecular formula is C22H23FN4O2. The van der Waals surface area contributed by atoms with Crippen LogP contribution in [0.1, 0.15) is 28.1 Å². The highest BCUT2D eigenvalue weighted by Gasteiger charge is 2.08. The molecule has 0 radical (unpaired) electrons. The molecule has 1 N–H and O–H groups in total. The fourth-order valence-corrected chi connectivity index (χ4v) is 3.00. The summed E-state index contributed by atoms with van der Waals surface area (Å²) in [5.41, 5.74) is 7.02. The summed E-state index contributed by atoms with van der Waals surface area (Å²) < 4.78 is 20.3. The SMILES string of the molecule is COc1ccc(/C=N/NC(=O)Cc2ccc(F)cc2)cc1Cn1nc(C)cc1C. The van der Waals surface area contributed by atoms with Crippen LogP contribution in [0.4, 0.5) is 4.39 Å². The van der Waals surface area contributed by atoms with Crippen LogP contribution in [0.25, 0.3) is 0 Å². The number of methoxy groups -OCH3 is 1. The quantitative estimate of drug-likeness (QED) is 0.493. The number of halogens is 1. The minimum absolute atomic E-state index is 0.128. The van der Waals surface area contributed by atoms with Crippen molar-refractivity contribution in [3.8, 4) is 5.75 Å². The van der Waals surface area contributed by atoms with Gasteiger partial charge < -0.3 is 4.74 Å². The number of rotatable bonds is 7. The Morgan fingerprint density at radius 2 is 1.97 bits per heavy atom. The first-order chi connectivity index (χ1) is 13.9. The highest BCUT2D eigenvalue weighted by molar-refractivity contribution is 5.83. The van der Waals surface area contributed by atoms with Gasteiger partial charge in [0.1, 0.15) is 11.6 Å². The number of hydrogen-bond donors (Lipinski definition) is 1. The van der Waals surface area contributed by atoms with E-state index in [1.54, 1.807) is 25.5 Å². The molecule has 6 nitrogen and oxygen atoms in total. The molecule has 0 aliphatic heterocycles. The molecule has 29 heavy (non-hydrogen) atoms. The molecule has 0 atom stereocenters. The molecule has 0 aliphatic carbocycles. The summed E-state index contributed by atoms with van der Waals surface area (Å²) in [6.45, 7) is 4.54. The lowest BCUT2D eigenvalue weighted by atomic mass is 10.1. The molecule has 1 aromatic heterocycles. The molecule has 1 amide bonds. The lowest BCUT2D eigenvalue weighted by molar-refractivity contribution is -0.120. The highest BCUT2D eigenvalue weighted by Crippen LogP contribution is 2.21. The molecule has 0 aliphatic rings. The van der Waals surface area contributed by atoms with Gasteiger partial charge in [0.05, 0.1) is 32.0 Å². The highest BCUT2D eigenvalue weighted by atomic mass is 19.1. The number of hydrazone groups is 1. The normalized spacial score (nSPS) is 11.0. The zero-order chi connectivity index (χ0) is 20.8. The predicted molar refractivity (Wildman–Crippen MR) is 110 cm³/mol. The van der Waals surface area contributed by atoms with Crippen molar-refractivity contribution in [3.63, 3.8) is 0 Å². The third kappa shape index (κ3) is 5.51. The topological polar surface area (TPSA) is 68.5 Å². The van der Waals surface area contributed by atoms with E-state index >= 15 is 0 Å². The zero-order valence-electron chi connectivity index (χ0n) is 16.6. The number of amides is 1. The lowest BCUT2D eigenvalue weighted by Gasteiger charge is -2.11. The summed E-state index contributed by atoms with van der Waals surface area (Å²) in [5.74, 6) is 0.155. The van der Waals surface area contributed by atoms with Crippen molar-refractivity contribution in [2.45, 2.75) is 26.8 Å². The number of aryl methyl sites for hydroxylation is 2. The molecule has 0 fully saturated rings. The van der Waals surface area contributed by atoms with Gasteiger partial charge in [-0.05, 0) is 61.4 Å². The summed E-state index contributed by atoms with van der Waals surface area (Å²) in [6.07, 6.45) is 1.70. The maximum atomic E-state index is 12.9. The van der Waals surface area contributed by atoms with Gasteiger partial charge in [-0.25, -0.2) is 9.82 Å². The van der Waals surface area contributed by atoms with Gasteiger partial charge in [-0.2, -0.15) is 10.2 Å². The molecule has 7 heteroatoms. The second kappa shape index (κ2) is 9.14. The van der Waals surface area contributed by atoms with Gasteiger partial charge in [0.25, 0.3) is 0 Å². The number of ether oxygens (including phenoxy) is 1. The van der Waals surface area contributed by atoms with Crippen molar-refractivity contribution in [2.24, 2.45) is 5.10 Å². The maximum absolute atomic E-state index is 12.9. The summed E-state index contributed by atoms with van der Waals surface area (Å²) in [5, 5.41) is 8.51. The van der Waals surface area contributed by atoms with Crippen molar-refractivity contribution >= 4 is 12.1 Å². The van der Waals surface area contributed by atoms with Crippen molar-refractivity contribution in [3.05, 3.63) is 82.4 Å². The maximum Gasteiger partial charge on any atom is 0.244 e. The molecule has 0 unspecified atom stereocenters. The van der Waals surface area contributed by atoms with Crippen LogP contribution in [-0.4, -0.2) is 29.0 Å². The van der Waals surface area contributed by atoms with Gasteiger partial charge in [-0.3, -0.25) is 9.48 Å². The van der Waals surface area contributed by atoms with E-state index < -0.39 is 0 Å². The molecule has 1 heterocycles. The number of carbonyl (C=O) groups excluding carboxylic acids is 1. The van der Waals surface area contributed by atoms with Gasteiger partial charge in [-0.15, -0.1) is 0 Å². The van der Waals surface area contributed by atoms with Crippen LogP contribution in [0, 0.1) is 19.7 Å². The van der Waals surface area contributed by atoms with E-state index in [0.717, 1.165) is 33.8 Å². The Hall–Kier alpha value is -3.48. The first-order valence-electron chi connectivity index (χ1n) is 9.19. The van der Waals surface area contributed by atoms with E-state index in [1.165, 1.54) is 12.1 Å². The fourth-order valence-electron chi connectivity index (χ4n) is 3.00. The Morgan fingerprint density at radius 1 is 1.21 bits per heavy atom. The van der Waals surface area contributed by atoms with E-state index in [1.807, 2.05) is 42.8 Å². The Kier molecular flexibility index (Phi) is 6.39. The molecule has 0 bridgehead atoms. The van der Waals surface area contributed by atoms with Crippen LogP contribution in [0.15, 0.2) is 53.6 Å². The number of nitrogens with zero attached hydrogens (tertiary/aromatic N) is 3. The molecule has 0 saturated carbocycles. The molecule has 150 valence electrons. The fraction of sp³-hybridized carbons (Fsp3) is 0.227. The average molecular weight is 394 g/mol. The smallest absolute Gasteiger partial charge is 0.244 e. The van der Waals surface area contributed by atoms with Crippen molar-refractivity contribution < 1.29 is 13.9 Å². The van der Waals surface area contributed by atoms with Crippen LogP contribution in [0.3, 0.4) is 0 Å². The van der Waals surface area contributed by atoms with E-state index in [-0.39, 0.29) is 18.1 Å². The van der Waals surface area contributed by atoms with Gasteiger partial charge in [0.15, 0.2) is 0 Å². The van der Waals surface area contributed by atoms with Crippen LogP contribution in [-0.2, 0) is 17.8 Å². The van der Waals surface area contributed by atoms with E-state index in [4.69, 9.17) is 4.74 Å².